The van der Waals surface area contributed by atoms with Crippen molar-refractivity contribution in [3.8, 4) is 0 Å². The van der Waals surface area contributed by atoms with Gasteiger partial charge in [0.05, 0.1) is 0 Å². The number of aromatic nitrogens is 1. The molecule has 0 radical (unpaired) electrons. The molecule has 1 fully saturated rings. The lowest BCUT2D eigenvalue weighted by atomic mass is 10.2. The van der Waals surface area contributed by atoms with Gasteiger partial charge in [0.25, 0.3) is 0 Å². The predicted molar refractivity (Wildman–Crippen MR) is 69.1 cm³/mol. The highest BCUT2D eigenvalue weighted by Crippen LogP contribution is 2.21. The van der Waals surface area contributed by atoms with Crippen molar-refractivity contribution in [2.24, 2.45) is 0 Å². The van der Waals surface area contributed by atoms with Crippen LogP contribution >= 0.6 is 0 Å². The van der Waals surface area contributed by atoms with Crippen LogP contribution in [0, 0.1) is 0 Å². The Kier molecular flexibility index (Phi) is 4.03. The van der Waals surface area contributed by atoms with Crippen LogP contribution < -0.4 is 10.2 Å². The van der Waals surface area contributed by atoms with E-state index in [1.54, 1.807) is 0 Å². The Morgan fingerprint density at radius 2 is 2.00 bits per heavy atom. The van der Waals surface area contributed by atoms with Gasteiger partial charge in [-0.05, 0) is 25.8 Å². The number of hydrogen-bond acceptors (Lipinski definition) is 3. The summed E-state index contributed by atoms with van der Waals surface area (Å²) >= 11 is 0. The van der Waals surface area contributed by atoms with Crippen LogP contribution in [0.1, 0.15) is 32.6 Å². The summed E-state index contributed by atoms with van der Waals surface area (Å²) in [6.45, 7) is 5.40. The second-order valence-electron chi connectivity index (χ2n) is 4.33. The van der Waals surface area contributed by atoms with Crippen LogP contribution in [0.5, 0.6) is 0 Å². The largest absolute Gasteiger partial charge is 0.371 e. The van der Waals surface area contributed by atoms with E-state index in [9.17, 15) is 0 Å². The monoisotopic (exact) mass is 219 g/mol. The number of pyridine rings is 1. The van der Waals surface area contributed by atoms with E-state index in [0.717, 1.165) is 12.4 Å². The molecule has 2 heterocycles. The van der Waals surface area contributed by atoms with Crippen LogP contribution in [0.4, 0.5) is 11.5 Å². The van der Waals surface area contributed by atoms with Gasteiger partial charge in [-0.2, -0.15) is 0 Å². The maximum absolute atomic E-state index is 4.31. The number of nitrogens with zero attached hydrogens (tertiary/aromatic N) is 2. The van der Waals surface area contributed by atoms with E-state index >= 15 is 0 Å². The molecule has 3 nitrogen and oxygen atoms in total. The molecule has 0 atom stereocenters. The van der Waals surface area contributed by atoms with Crippen molar-refractivity contribution in [3.05, 3.63) is 18.3 Å². The smallest absolute Gasteiger partial charge is 0.127 e. The van der Waals surface area contributed by atoms with Crippen molar-refractivity contribution in [1.29, 1.82) is 0 Å². The Hall–Kier alpha value is -1.25. The third kappa shape index (κ3) is 2.87. The Bertz CT molecular complexity index is 317. The van der Waals surface area contributed by atoms with Gasteiger partial charge in [-0.15, -0.1) is 0 Å². The minimum atomic E-state index is 0.927. The molecule has 16 heavy (non-hydrogen) atoms. The maximum Gasteiger partial charge on any atom is 0.127 e. The zero-order chi connectivity index (χ0) is 11.2. The van der Waals surface area contributed by atoms with Crippen LogP contribution in [0.2, 0.25) is 0 Å². The fourth-order valence-electron chi connectivity index (χ4n) is 2.22. The predicted octanol–water partition coefficient (Wildman–Crippen LogP) is 2.89. The summed E-state index contributed by atoms with van der Waals surface area (Å²) in [6, 6.07) is 4.28. The van der Waals surface area contributed by atoms with Gasteiger partial charge in [0.15, 0.2) is 0 Å². The first-order valence-corrected chi connectivity index (χ1v) is 6.35. The van der Waals surface area contributed by atoms with Gasteiger partial charge in [0, 0.05) is 37.6 Å². The number of nitrogens with one attached hydrogen (secondary N) is 1. The van der Waals surface area contributed by atoms with Crippen LogP contribution in [0.15, 0.2) is 18.3 Å². The summed E-state index contributed by atoms with van der Waals surface area (Å²) < 4.78 is 0. The normalized spacial score (nSPS) is 16.9. The van der Waals surface area contributed by atoms with Crippen molar-refractivity contribution in [3.63, 3.8) is 0 Å². The molecule has 0 spiro atoms. The molecule has 1 saturated heterocycles. The topological polar surface area (TPSA) is 28.2 Å². The summed E-state index contributed by atoms with van der Waals surface area (Å²) in [5.41, 5.74) is 1.31. The van der Waals surface area contributed by atoms with E-state index in [4.69, 9.17) is 0 Å². The average Bonchev–Trinajstić information content (AvgIpc) is 2.58. The minimum Gasteiger partial charge on any atom is -0.371 e. The second kappa shape index (κ2) is 5.73. The lowest BCUT2D eigenvalue weighted by Crippen LogP contribution is -2.23. The Balaban J connectivity index is 2.08. The molecule has 3 heteroatoms. The first-order chi connectivity index (χ1) is 7.90. The Morgan fingerprint density at radius 3 is 2.69 bits per heavy atom. The molecule has 1 aromatic heterocycles. The lowest BCUT2D eigenvalue weighted by molar-refractivity contribution is 0.726. The molecule has 0 aromatic carbocycles. The average molecular weight is 219 g/mol. The highest BCUT2D eigenvalue weighted by Gasteiger charge is 2.10. The quantitative estimate of drug-likeness (QED) is 0.847. The molecule has 1 aliphatic heterocycles. The number of anilines is 2. The van der Waals surface area contributed by atoms with E-state index in [2.05, 4.69) is 34.3 Å². The Morgan fingerprint density at radius 1 is 1.25 bits per heavy atom. The van der Waals surface area contributed by atoms with E-state index < -0.39 is 0 Å². The van der Waals surface area contributed by atoms with Crippen molar-refractivity contribution < 1.29 is 0 Å². The molecule has 0 bridgehead atoms. The van der Waals surface area contributed by atoms with Gasteiger partial charge in [0.1, 0.15) is 5.82 Å². The molecule has 88 valence electrons. The van der Waals surface area contributed by atoms with E-state index in [-0.39, 0.29) is 0 Å². The molecule has 0 amide bonds. The van der Waals surface area contributed by atoms with Crippen LogP contribution in [0.3, 0.4) is 0 Å². The molecule has 1 aromatic rings. The van der Waals surface area contributed by atoms with Gasteiger partial charge < -0.3 is 10.2 Å². The molecule has 1 aliphatic rings. The number of hydrogen-bond donors (Lipinski definition) is 1. The lowest BCUT2D eigenvalue weighted by Gasteiger charge is -2.22. The molecule has 0 unspecified atom stereocenters. The summed E-state index contributed by atoms with van der Waals surface area (Å²) in [5, 5.41) is 3.26. The summed E-state index contributed by atoms with van der Waals surface area (Å²) in [7, 11) is 0. The van der Waals surface area contributed by atoms with Crippen LogP contribution in [0.25, 0.3) is 0 Å². The van der Waals surface area contributed by atoms with Gasteiger partial charge in [0.2, 0.25) is 0 Å². The van der Waals surface area contributed by atoms with E-state index in [1.165, 1.54) is 44.5 Å². The SMILES string of the molecule is CCNc1cc(N2CCCCCC2)ccn1. The van der Waals surface area contributed by atoms with Crippen molar-refractivity contribution in [2.45, 2.75) is 32.6 Å². The third-order valence-corrected chi connectivity index (χ3v) is 3.07. The molecule has 2 rings (SSSR count). The van der Waals surface area contributed by atoms with Crippen molar-refractivity contribution in [2.75, 3.05) is 29.9 Å². The number of rotatable bonds is 3. The van der Waals surface area contributed by atoms with Crippen LogP contribution in [-0.2, 0) is 0 Å². The second-order valence-corrected chi connectivity index (χ2v) is 4.33. The summed E-state index contributed by atoms with van der Waals surface area (Å²) in [5.74, 6) is 0.990. The molecule has 0 saturated carbocycles. The zero-order valence-corrected chi connectivity index (χ0v) is 10.1. The highest BCUT2D eigenvalue weighted by molar-refractivity contribution is 5.53. The molecular formula is C13H21N3. The van der Waals surface area contributed by atoms with Crippen LogP contribution in [-0.4, -0.2) is 24.6 Å². The van der Waals surface area contributed by atoms with Gasteiger partial charge in [-0.3, -0.25) is 0 Å². The third-order valence-electron chi connectivity index (χ3n) is 3.07. The Labute approximate surface area is 97.9 Å². The van der Waals surface area contributed by atoms with Gasteiger partial charge in [-0.25, -0.2) is 4.98 Å². The van der Waals surface area contributed by atoms with Crippen molar-refractivity contribution >= 4 is 11.5 Å². The fourth-order valence-corrected chi connectivity index (χ4v) is 2.22. The van der Waals surface area contributed by atoms with E-state index in [0.29, 0.717) is 0 Å². The zero-order valence-electron chi connectivity index (χ0n) is 10.1. The first kappa shape index (κ1) is 11.2. The van der Waals surface area contributed by atoms with Gasteiger partial charge in [-0.1, -0.05) is 12.8 Å². The minimum absolute atomic E-state index is 0.927. The molecule has 0 aliphatic carbocycles. The van der Waals surface area contributed by atoms with Gasteiger partial charge >= 0.3 is 0 Å². The van der Waals surface area contributed by atoms with E-state index in [1.807, 2.05) is 6.20 Å². The maximum atomic E-state index is 4.31. The standard InChI is InChI=1S/C13H21N3/c1-2-14-13-11-12(7-8-15-13)16-9-5-3-4-6-10-16/h7-8,11H,2-6,9-10H2,1H3,(H,14,15). The molecular weight excluding hydrogens is 198 g/mol. The fraction of sp³-hybridized carbons (Fsp3) is 0.615. The summed E-state index contributed by atoms with van der Waals surface area (Å²) in [6.07, 6.45) is 7.29. The van der Waals surface area contributed by atoms with Crippen molar-refractivity contribution in [1.82, 2.24) is 4.98 Å². The summed E-state index contributed by atoms with van der Waals surface area (Å²) in [4.78, 5) is 6.79. The molecule has 1 N–H and O–H groups in total. The first-order valence-electron chi connectivity index (χ1n) is 6.35. The highest BCUT2D eigenvalue weighted by atomic mass is 15.1.